The van der Waals surface area contributed by atoms with Gasteiger partial charge in [-0.05, 0) is 78.5 Å². The first-order chi connectivity index (χ1) is 19.9. The number of rotatable bonds is 7. The van der Waals surface area contributed by atoms with Crippen molar-refractivity contribution in [1.29, 1.82) is 0 Å². The van der Waals surface area contributed by atoms with Gasteiger partial charge in [-0.15, -0.1) is 18.3 Å². The van der Waals surface area contributed by atoms with E-state index in [0.29, 0.717) is 11.5 Å². The second-order valence-corrected chi connectivity index (χ2v) is 10.7. The van der Waals surface area contributed by atoms with Gasteiger partial charge in [0.15, 0.2) is 5.82 Å². The van der Waals surface area contributed by atoms with Crippen LogP contribution in [0.3, 0.4) is 0 Å². The van der Waals surface area contributed by atoms with Gasteiger partial charge in [0.05, 0.1) is 11.4 Å². The van der Waals surface area contributed by atoms with Gasteiger partial charge in [0, 0.05) is 17.5 Å². The van der Waals surface area contributed by atoms with Gasteiger partial charge in [-0.25, -0.2) is 9.67 Å². The van der Waals surface area contributed by atoms with Crippen molar-refractivity contribution in [2.45, 2.75) is 51.4 Å². The molecule has 1 aliphatic rings. The summed E-state index contributed by atoms with van der Waals surface area (Å²) in [4.78, 5) is 8.78. The summed E-state index contributed by atoms with van der Waals surface area (Å²) in [5.41, 5.74) is 11.5. The van der Waals surface area contributed by atoms with E-state index in [4.69, 9.17) is 22.7 Å². The summed E-state index contributed by atoms with van der Waals surface area (Å²) in [6, 6.07) is 19.4. The Morgan fingerprint density at radius 2 is 1.81 bits per heavy atom. The average Bonchev–Trinajstić information content (AvgIpc) is 3.49. The highest BCUT2D eigenvalue weighted by Crippen LogP contribution is 2.41. The molecule has 1 saturated carbocycles. The van der Waals surface area contributed by atoms with Crippen LogP contribution >= 0.6 is 12.2 Å². The predicted octanol–water partition coefficient (Wildman–Crippen LogP) is 6.66. The maximum Gasteiger partial charge on any atom is 0.573 e. The first-order valence-corrected chi connectivity index (χ1v) is 13.7. The minimum atomic E-state index is -4.74. The lowest BCUT2D eigenvalue weighted by molar-refractivity contribution is -0.274. The van der Waals surface area contributed by atoms with Crippen molar-refractivity contribution in [3.8, 4) is 22.8 Å². The molecule has 0 saturated heterocycles. The third-order valence-corrected chi connectivity index (χ3v) is 6.95. The standard InChI is InChI=1S/C30H29F3N6O2S/c1-17(2)23-13-4-18(3)14-25(23)36-28(34)40-29(42)37-26-15-24(26)19-5-7-20(8-6-19)27-35-16-39(38-27)21-9-11-22(12-10-21)41-30(31,32)33/h4-14,16-17,24,26H,15H2,1-3H3,(H2,34,36)(H,37,42). The second kappa shape index (κ2) is 11.8. The number of ether oxygens (including phenoxy) is 2. The maximum atomic E-state index is 12.4. The van der Waals surface area contributed by atoms with Gasteiger partial charge < -0.3 is 20.5 Å². The summed E-state index contributed by atoms with van der Waals surface area (Å²) in [6.07, 6.45) is -2.36. The van der Waals surface area contributed by atoms with Gasteiger partial charge in [-0.1, -0.05) is 50.2 Å². The SMILES string of the molecule is Cc1ccc(C(C)C)c(N=C(N)OC(=S)NC2CC2c2ccc(-c3ncn(-c4ccc(OC(F)(F)F)cc4)n3)cc2)c1. The number of alkyl halides is 3. The predicted molar refractivity (Wildman–Crippen MR) is 158 cm³/mol. The lowest BCUT2D eigenvalue weighted by Gasteiger charge is -2.12. The van der Waals surface area contributed by atoms with Crippen molar-refractivity contribution in [3.63, 3.8) is 0 Å². The number of nitrogens with zero attached hydrogens (tertiary/aromatic N) is 4. The minimum absolute atomic E-state index is 0.0147. The van der Waals surface area contributed by atoms with Crippen LogP contribution in [0.2, 0.25) is 0 Å². The molecule has 1 aliphatic carbocycles. The van der Waals surface area contributed by atoms with E-state index < -0.39 is 6.36 Å². The van der Waals surface area contributed by atoms with E-state index in [1.54, 1.807) is 0 Å². The Hall–Kier alpha value is -4.45. The van der Waals surface area contributed by atoms with E-state index in [0.717, 1.165) is 34.4 Å². The normalized spacial score (nSPS) is 16.8. The van der Waals surface area contributed by atoms with Crippen molar-refractivity contribution in [2.75, 3.05) is 0 Å². The van der Waals surface area contributed by atoms with Crippen molar-refractivity contribution >= 4 is 29.1 Å². The summed E-state index contributed by atoms with van der Waals surface area (Å²) in [5.74, 6) is 0.725. The zero-order valence-electron chi connectivity index (χ0n) is 23.1. The molecule has 3 N–H and O–H groups in total. The molecule has 42 heavy (non-hydrogen) atoms. The fourth-order valence-electron chi connectivity index (χ4n) is 4.58. The molecule has 0 amide bonds. The van der Waals surface area contributed by atoms with E-state index >= 15 is 0 Å². The Bertz CT molecular complexity index is 1600. The van der Waals surface area contributed by atoms with Gasteiger partial charge in [0.1, 0.15) is 12.1 Å². The van der Waals surface area contributed by atoms with Crippen molar-refractivity contribution in [2.24, 2.45) is 10.7 Å². The fourth-order valence-corrected chi connectivity index (χ4v) is 4.82. The molecule has 2 atom stereocenters. The number of nitrogens with two attached hydrogens (primary N) is 1. The highest BCUT2D eigenvalue weighted by Gasteiger charge is 2.39. The van der Waals surface area contributed by atoms with Crippen LogP contribution in [0.1, 0.15) is 48.8 Å². The number of aromatic nitrogens is 3. The molecule has 0 radical (unpaired) electrons. The number of thiocarbonyl (C=S) groups is 1. The largest absolute Gasteiger partial charge is 0.573 e. The van der Waals surface area contributed by atoms with E-state index in [1.165, 1.54) is 35.3 Å². The number of nitrogens with one attached hydrogen (secondary N) is 1. The Kier molecular flexibility index (Phi) is 8.17. The number of amidine groups is 1. The maximum absolute atomic E-state index is 12.4. The average molecular weight is 595 g/mol. The van der Waals surface area contributed by atoms with E-state index in [1.807, 2.05) is 49.4 Å². The van der Waals surface area contributed by atoms with E-state index in [9.17, 15) is 13.2 Å². The molecule has 0 spiro atoms. The monoisotopic (exact) mass is 594 g/mol. The van der Waals surface area contributed by atoms with Crippen LogP contribution in [-0.2, 0) is 4.74 Å². The third-order valence-electron chi connectivity index (χ3n) is 6.75. The molecule has 0 aliphatic heterocycles. The first-order valence-electron chi connectivity index (χ1n) is 13.3. The van der Waals surface area contributed by atoms with Gasteiger partial charge in [0.2, 0.25) is 0 Å². The highest BCUT2D eigenvalue weighted by molar-refractivity contribution is 7.80. The van der Waals surface area contributed by atoms with Gasteiger partial charge in [-0.3, -0.25) is 0 Å². The Balaban J connectivity index is 1.16. The van der Waals surface area contributed by atoms with Crippen LogP contribution in [0.15, 0.2) is 78.0 Å². The lowest BCUT2D eigenvalue weighted by Crippen LogP contribution is -2.32. The smallest absolute Gasteiger partial charge is 0.406 e. The third kappa shape index (κ3) is 7.24. The van der Waals surface area contributed by atoms with Crippen LogP contribution < -0.4 is 15.8 Å². The molecule has 1 fully saturated rings. The Morgan fingerprint density at radius 1 is 1.10 bits per heavy atom. The molecule has 5 rings (SSSR count). The van der Waals surface area contributed by atoms with Crippen molar-refractivity contribution < 1.29 is 22.6 Å². The zero-order chi connectivity index (χ0) is 30.0. The number of halogens is 3. The Morgan fingerprint density at radius 3 is 2.48 bits per heavy atom. The van der Waals surface area contributed by atoms with E-state index in [2.05, 4.69) is 39.0 Å². The van der Waals surface area contributed by atoms with Crippen molar-refractivity contribution in [3.05, 3.63) is 89.7 Å². The summed E-state index contributed by atoms with van der Waals surface area (Å²) in [5, 5.41) is 7.82. The lowest BCUT2D eigenvalue weighted by atomic mass is 10.00. The quantitative estimate of drug-likeness (QED) is 0.140. The second-order valence-electron chi connectivity index (χ2n) is 10.3. The van der Waals surface area contributed by atoms with Gasteiger partial charge in [0.25, 0.3) is 11.2 Å². The number of hydrogen-bond donors (Lipinski definition) is 2. The molecule has 1 aromatic heterocycles. The number of hydrogen-bond acceptors (Lipinski definition) is 6. The molecule has 218 valence electrons. The molecule has 4 aromatic rings. The van der Waals surface area contributed by atoms with Crippen LogP contribution in [0.4, 0.5) is 18.9 Å². The molecule has 8 nitrogen and oxygen atoms in total. The highest BCUT2D eigenvalue weighted by atomic mass is 32.1. The number of aliphatic imine (C=N–C) groups is 1. The van der Waals surface area contributed by atoms with Gasteiger partial charge >= 0.3 is 6.36 Å². The summed E-state index contributed by atoms with van der Waals surface area (Å²) >= 11 is 5.36. The molecule has 12 heteroatoms. The number of benzene rings is 3. The molecule has 2 unspecified atom stereocenters. The van der Waals surface area contributed by atoms with Crippen LogP contribution in [-0.4, -0.2) is 38.4 Å². The summed E-state index contributed by atoms with van der Waals surface area (Å²) in [7, 11) is 0. The molecular weight excluding hydrogens is 565 g/mol. The Labute approximate surface area is 246 Å². The van der Waals surface area contributed by atoms with E-state index in [-0.39, 0.29) is 34.8 Å². The minimum Gasteiger partial charge on any atom is -0.406 e. The van der Waals surface area contributed by atoms with Crippen LogP contribution in [0, 0.1) is 6.92 Å². The zero-order valence-corrected chi connectivity index (χ0v) is 23.9. The van der Waals surface area contributed by atoms with Crippen LogP contribution in [0.25, 0.3) is 17.1 Å². The summed E-state index contributed by atoms with van der Waals surface area (Å²) in [6.45, 7) is 6.19. The first kappa shape index (κ1) is 29.1. The molecule has 1 heterocycles. The van der Waals surface area contributed by atoms with Crippen molar-refractivity contribution in [1.82, 2.24) is 20.1 Å². The summed E-state index contributed by atoms with van der Waals surface area (Å²) < 4.78 is 48.2. The topological polar surface area (TPSA) is 99.6 Å². The molecule has 0 bridgehead atoms. The molecule has 3 aromatic carbocycles. The molecular formula is C30H29F3N6O2S. The number of aryl methyl sites for hydroxylation is 1. The fraction of sp³-hybridized carbons (Fsp3) is 0.267. The van der Waals surface area contributed by atoms with Crippen LogP contribution in [0.5, 0.6) is 5.75 Å². The van der Waals surface area contributed by atoms with Gasteiger partial charge in [-0.2, -0.15) is 4.99 Å².